The van der Waals surface area contributed by atoms with Crippen LogP contribution in [-0.2, 0) is 0 Å². The molecule has 3 rings (SSSR count). The van der Waals surface area contributed by atoms with Crippen LogP contribution < -0.4 is 5.32 Å². The lowest BCUT2D eigenvalue weighted by Gasteiger charge is -2.36. The first kappa shape index (κ1) is 14.0. The second kappa shape index (κ2) is 6.24. The van der Waals surface area contributed by atoms with Gasteiger partial charge in [0.2, 0.25) is 0 Å². The fourth-order valence-electron chi connectivity index (χ4n) is 2.58. The molecule has 0 aliphatic carbocycles. The van der Waals surface area contributed by atoms with Crippen molar-refractivity contribution in [1.29, 1.82) is 0 Å². The molecule has 1 amide bonds. The van der Waals surface area contributed by atoms with Gasteiger partial charge in [0.15, 0.2) is 0 Å². The lowest BCUT2D eigenvalue weighted by atomic mass is 10.0. The van der Waals surface area contributed by atoms with Crippen LogP contribution in [0.2, 0.25) is 5.02 Å². The number of carbonyl (C=O) groups is 1. The highest BCUT2D eigenvalue weighted by molar-refractivity contribution is 6.30. The van der Waals surface area contributed by atoms with Gasteiger partial charge < -0.3 is 10.2 Å². The van der Waals surface area contributed by atoms with Crippen LogP contribution in [0.1, 0.15) is 22.0 Å². The van der Waals surface area contributed by atoms with E-state index in [4.69, 9.17) is 11.6 Å². The molecule has 5 heteroatoms. The lowest BCUT2D eigenvalue weighted by molar-refractivity contribution is 0.0634. The average molecular weight is 302 g/mol. The van der Waals surface area contributed by atoms with E-state index < -0.39 is 0 Å². The van der Waals surface area contributed by atoms with E-state index >= 15 is 0 Å². The molecule has 1 N–H and O–H groups in total. The summed E-state index contributed by atoms with van der Waals surface area (Å²) in [5, 5.41) is 3.97. The molecular formula is C16H16ClN3O. The number of hydrogen-bond donors (Lipinski definition) is 1. The van der Waals surface area contributed by atoms with E-state index in [1.165, 1.54) is 0 Å². The van der Waals surface area contributed by atoms with Crippen LogP contribution in [0.15, 0.2) is 48.8 Å². The molecular weight excluding hydrogens is 286 g/mol. The smallest absolute Gasteiger partial charge is 0.254 e. The number of halogens is 1. The molecule has 1 aromatic heterocycles. The average Bonchev–Trinajstić information content (AvgIpc) is 2.56. The summed E-state index contributed by atoms with van der Waals surface area (Å²) >= 11 is 5.88. The first-order valence-electron chi connectivity index (χ1n) is 6.93. The Morgan fingerprint density at radius 1 is 1.29 bits per heavy atom. The summed E-state index contributed by atoms with van der Waals surface area (Å²) in [5.74, 6) is 0.0296. The van der Waals surface area contributed by atoms with Gasteiger partial charge in [0.1, 0.15) is 0 Å². The highest BCUT2D eigenvalue weighted by Crippen LogP contribution is 2.24. The predicted octanol–water partition coefficient (Wildman–Crippen LogP) is 2.52. The number of piperazine rings is 1. The Morgan fingerprint density at radius 3 is 2.81 bits per heavy atom. The Morgan fingerprint density at radius 2 is 2.10 bits per heavy atom. The minimum absolute atomic E-state index is 0.00984. The van der Waals surface area contributed by atoms with Crippen molar-refractivity contribution in [3.05, 3.63) is 64.9 Å². The number of nitrogens with zero attached hydrogens (tertiary/aromatic N) is 2. The maximum Gasteiger partial charge on any atom is 0.254 e. The van der Waals surface area contributed by atoms with Gasteiger partial charge >= 0.3 is 0 Å². The summed E-state index contributed by atoms with van der Waals surface area (Å²) in [7, 11) is 0. The molecule has 21 heavy (non-hydrogen) atoms. The van der Waals surface area contributed by atoms with E-state index in [1.54, 1.807) is 30.5 Å². The van der Waals surface area contributed by atoms with Crippen LogP contribution in [0, 0.1) is 0 Å². The molecule has 1 aliphatic heterocycles. The molecule has 1 fully saturated rings. The van der Waals surface area contributed by atoms with E-state index in [0.29, 0.717) is 17.1 Å². The van der Waals surface area contributed by atoms with Crippen molar-refractivity contribution < 1.29 is 4.79 Å². The van der Waals surface area contributed by atoms with Crippen molar-refractivity contribution in [2.24, 2.45) is 0 Å². The summed E-state index contributed by atoms with van der Waals surface area (Å²) in [6, 6.07) is 10.9. The summed E-state index contributed by atoms with van der Waals surface area (Å²) in [6.45, 7) is 2.22. The molecule has 1 aliphatic rings. The third kappa shape index (κ3) is 3.06. The maximum atomic E-state index is 12.7. The fourth-order valence-corrected chi connectivity index (χ4v) is 2.70. The molecule has 1 unspecified atom stereocenters. The van der Waals surface area contributed by atoms with Crippen LogP contribution in [-0.4, -0.2) is 35.4 Å². The molecule has 0 bridgehead atoms. The van der Waals surface area contributed by atoms with Crippen LogP contribution >= 0.6 is 11.6 Å². The number of amides is 1. The number of aromatic nitrogens is 1. The van der Waals surface area contributed by atoms with E-state index in [0.717, 1.165) is 18.7 Å². The van der Waals surface area contributed by atoms with E-state index in [2.05, 4.69) is 10.3 Å². The Kier molecular flexibility index (Phi) is 4.18. The Bertz CT molecular complexity index is 615. The zero-order chi connectivity index (χ0) is 14.7. The maximum absolute atomic E-state index is 12.7. The number of carbonyl (C=O) groups excluding carboxylic acids is 1. The molecule has 0 spiro atoms. The lowest BCUT2D eigenvalue weighted by Crippen LogP contribution is -2.48. The topological polar surface area (TPSA) is 45.2 Å². The molecule has 1 atom stereocenters. The minimum atomic E-state index is 0.00984. The third-order valence-corrected chi connectivity index (χ3v) is 3.92. The third-order valence-electron chi connectivity index (χ3n) is 3.66. The van der Waals surface area contributed by atoms with E-state index in [-0.39, 0.29) is 11.9 Å². The van der Waals surface area contributed by atoms with Gasteiger partial charge in [-0.3, -0.25) is 9.78 Å². The number of pyridine rings is 1. The second-order valence-corrected chi connectivity index (χ2v) is 5.45. The van der Waals surface area contributed by atoms with Gasteiger partial charge in [-0.25, -0.2) is 0 Å². The van der Waals surface area contributed by atoms with Crippen LogP contribution in [0.5, 0.6) is 0 Å². The number of benzene rings is 1. The molecule has 108 valence electrons. The fraction of sp³-hybridized carbons (Fsp3) is 0.250. The SMILES string of the molecule is O=C(c1ccc(Cl)cc1)N1CCNCC1c1cccnc1. The van der Waals surface area contributed by atoms with E-state index in [1.807, 2.05) is 23.2 Å². The van der Waals surface area contributed by atoms with Gasteiger partial charge in [-0.05, 0) is 35.9 Å². The van der Waals surface area contributed by atoms with Crippen molar-refractivity contribution in [2.45, 2.75) is 6.04 Å². The van der Waals surface area contributed by atoms with E-state index in [9.17, 15) is 4.79 Å². The van der Waals surface area contributed by atoms with Gasteiger partial charge in [0.25, 0.3) is 5.91 Å². The summed E-state index contributed by atoms with van der Waals surface area (Å²) < 4.78 is 0. The summed E-state index contributed by atoms with van der Waals surface area (Å²) in [5.41, 5.74) is 1.71. The van der Waals surface area contributed by atoms with Gasteiger partial charge in [0.05, 0.1) is 6.04 Å². The molecule has 1 aromatic carbocycles. The Hall–Kier alpha value is -1.91. The largest absolute Gasteiger partial charge is 0.329 e. The molecule has 0 radical (unpaired) electrons. The number of rotatable bonds is 2. The molecule has 2 heterocycles. The van der Waals surface area contributed by atoms with Crippen LogP contribution in [0.3, 0.4) is 0 Å². The van der Waals surface area contributed by atoms with Crippen LogP contribution in [0.4, 0.5) is 0 Å². The highest BCUT2D eigenvalue weighted by atomic mass is 35.5. The second-order valence-electron chi connectivity index (χ2n) is 5.01. The summed E-state index contributed by atoms with van der Waals surface area (Å²) in [4.78, 5) is 18.8. The zero-order valence-electron chi connectivity index (χ0n) is 11.5. The quantitative estimate of drug-likeness (QED) is 0.927. The van der Waals surface area contributed by atoms with Gasteiger partial charge in [-0.1, -0.05) is 17.7 Å². The van der Waals surface area contributed by atoms with Crippen molar-refractivity contribution >= 4 is 17.5 Å². The standard InChI is InChI=1S/C16H16ClN3O/c17-14-5-3-12(4-6-14)16(21)20-9-8-19-11-15(20)13-2-1-7-18-10-13/h1-7,10,15,19H,8-9,11H2. The van der Waals surface area contributed by atoms with Crippen LogP contribution in [0.25, 0.3) is 0 Å². The van der Waals surface area contributed by atoms with Crippen molar-refractivity contribution in [3.63, 3.8) is 0 Å². The zero-order valence-corrected chi connectivity index (χ0v) is 12.3. The van der Waals surface area contributed by atoms with Crippen molar-refractivity contribution in [1.82, 2.24) is 15.2 Å². The minimum Gasteiger partial charge on any atom is -0.329 e. The highest BCUT2D eigenvalue weighted by Gasteiger charge is 2.28. The molecule has 4 nitrogen and oxygen atoms in total. The van der Waals surface area contributed by atoms with Gasteiger partial charge in [0, 0.05) is 42.6 Å². The van der Waals surface area contributed by atoms with Gasteiger partial charge in [-0.15, -0.1) is 0 Å². The Labute approximate surface area is 128 Å². The van der Waals surface area contributed by atoms with Crippen molar-refractivity contribution in [2.75, 3.05) is 19.6 Å². The summed E-state index contributed by atoms with van der Waals surface area (Å²) in [6.07, 6.45) is 3.56. The molecule has 1 saturated heterocycles. The first-order chi connectivity index (χ1) is 10.3. The number of nitrogens with one attached hydrogen (secondary N) is 1. The molecule has 0 saturated carbocycles. The molecule has 2 aromatic rings. The first-order valence-corrected chi connectivity index (χ1v) is 7.30. The van der Waals surface area contributed by atoms with Crippen molar-refractivity contribution in [3.8, 4) is 0 Å². The van der Waals surface area contributed by atoms with Gasteiger partial charge in [-0.2, -0.15) is 0 Å². The normalized spacial score (nSPS) is 18.5. The monoisotopic (exact) mass is 301 g/mol. The predicted molar refractivity (Wildman–Crippen MR) is 82.3 cm³/mol. The Balaban J connectivity index is 1.87. The number of hydrogen-bond acceptors (Lipinski definition) is 3.